The first-order valence-electron chi connectivity index (χ1n) is 5.77. The molecule has 1 heterocycles. The second-order valence-corrected chi connectivity index (χ2v) is 5.33. The van der Waals surface area contributed by atoms with Crippen molar-refractivity contribution in [2.24, 2.45) is 11.7 Å². The highest BCUT2D eigenvalue weighted by atomic mass is 16.4. The summed E-state index contributed by atoms with van der Waals surface area (Å²) in [5.41, 5.74) is 4.39. The molecule has 1 fully saturated rings. The standard InChI is InChI=1S/C11H19N3O4/c1-11(2,4-8(12)15)13-10(18)14-5-7(6-14)3-9(16)17/h7H,3-6H2,1-2H3,(H2,12,15)(H,13,18)(H,16,17). The van der Waals surface area contributed by atoms with E-state index in [0.717, 1.165) is 0 Å². The van der Waals surface area contributed by atoms with Crippen molar-refractivity contribution in [3.63, 3.8) is 0 Å². The Kier molecular flexibility index (Phi) is 4.15. The van der Waals surface area contributed by atoms with Crippen LogP contribution in [0.15, 0.2) is 0 Å². The smallest absolute Gasteiger partial charge is 0.317 e. The van der Waals surface area contributed by atoms with E-state index in [2.05, 4.69) is 5.32 Å². The SMILES string of the molecule is CC(C)(CC(N)=O)NC(=O)N1CC(CC(=O)O)C1. The first kappa shape index (κ1) is 14.3. The molecule has 102 valence electrons. The van der Waals surface area contributed by atoms with Gasteiger partial charge in [0, 0.05) is 31.0 Å². The summed E-state index contributed by atoms with van der Waals surface area (Å²) in [6.45, 7) is 4.30. The third-order valence-corrected chi connectivity index (χ3v) is 2.77. The molecule has 4 N–H and O–H groups in total. The third-order valence-electron chi connectivity index (χ3n) is 2.77. The molecule has 3 amide bonds. The maximum atomic E-state index is 11.8. The van der Waals surface area contributed by atoms with Crippen LogP contribution < -0.4 is 11.1 Å². The highest BCUT2D eigenvalue weighted by Crippen LogP contribution is 2.20. The first-order chi connectivity index (χ1) is 8.19. The molecule has 0 atom stereocenters. The summed E-state index contributed by atoms with van der Waals surface area (Å²) in [7, 11) is 0. The number of nitrogens with one attached hydrogen (secondary N) is 1. The molecule has 1 rings (SSSR count). The monoisotopic (exact) mass is 257 g/mol. The molecular weight excluding hydrogens is 238 g/mol. The van der Waals surface area contributed by atoms with Crippen LogP contribution in [0.5, 0.6) is 0 Å². The summed E-state index contributed by atoms with van der Waals surface area (Å²) < 4.78 is 0. The van der Waals surface area contributed by atoms with E-state index < -0.39 is 17.4 Å². The number of aliphatic carboxylic acids is 1. The summed E-state index contributed by atoms with van der Waals surface area (Å²) in [5.74, 6) is -1.31. The number of nitrogens with zero attached hydrogens (tertiary/aromatic N) is 1. The topological polar surface area (TPSA) is 113 Å². The number of rotatable bonds is 5. The Labute approximate surface area is 105 Å². The summed E-state index contributed by atoms with van der Waals surface area (Å²) in [6, 6.07) is -0.289. The van der Waals surface area contributed by atoms with Gasteiger partial charge in [-0.25, -0.2) is 4.79 Å². The van der Waals surface area contributed by atoms with E-state index in [0.29, 0.717) is 13.1 Å². The number of amides is 3. The molecule has 0 bridgehead atoms. The molecule has 0 aromatic carbocycles. The fraction of sp³-hybridized carbons (Fsp3) is 0.727. The van der Waals surface area contributed by atoms with Crippen LogP contribution >= 0.6 is 0 Å². The molecule has 0 aromatic heterocycles. The molecule has 7 heteroatoms. The first-order valence-corrected chi connectivity index (χ1v) is 5.77. The normalized spacial score (nSPS) is 16.0. The number of primary amides is 1. The van der Waals surface area contributed by atoms with Gasteiger partial charge >= 0.3 is 12.0 Å². The maximum Gasteiger partial charge on any atom is 0.317 e. The lowest BCUT2D eigenvalue weighted by molar-refractivity contribution is -0.139. The van der Waals surface area contributed by atoms with Crippen LogP contribution in [0.25, 0.3) is 0 Å². The molecule has 0 spiro atoms. The second kappa shape index (κ2) is 5.24. The zero-order valence-electron chi connectivity index (χ0n) is 10.6. The minimum Gasteiger partial charge on any atom is -0.481 e. The van der Waals surface area contributed by atoms with Gasteiger partial charge < -0.3 is 21.1 Å². The fourth-order valence-corrected chi connectivity index (χ4v) is 1.96. The lowest BCUT2D eigenvalue weighted by Crippen LogP contribution is -2.58. The number of carbonyl (C=O) groups excluding carboxylic acids is 2. The van der Waals surface area contributed by atoms with E-state index in [9.17, 15) is 14.4 Å². The number of nitrogens with two attached hydrogens (primary N) is 1. The van der Waals surface area contributed by atoms with E-state index in [1.165, 1.54) is 4.90 Å². The number of likely N-dealkylation sites (tertiary alicyclic amines) is 1. The minimum absolute atomic E-state index is 0.0208. The Morgan fingerprint density at radius 3 is 2.39 bits per heavy atom. The molecular formula is C11H19N3O4. The van der Waals surface area contributed by atoms with Gasteiger partial charge in [0.25, 0.3) is 0 Å². The lowest BCUT2D eigenvalue weighted by atomic mass is 9.96. The quantitative estimate of drug-likeness (QED) is 0.630. The van der Waals surface area contributed by atoms with Gasteiger partial charge in [0.05, 0.1) is 6.42 Å². The van der Waals surface area contributed by atoms with Gasteiger partial charge in [-0.2, -0.15) is 0 Å². The third kappa shape index (κ3) is 4.23. The van der Waals surface area contributed by atoms with Gasteiger partial charge in [-0.1, -0.05) is 0 Å². The van der Waals surface area contributed by atoms with Crippen LogP contribution in [-0.4, -0.2) is 46.5 Å². The van der Waals surface area contributed by atoms with Crippen LogP contribution in [0, 0.1) is 5.92 Å². The molecule has 0 radical (unpaired) electrons. The predicted molar refractivity (Wildman–Crippen MR) is 63.7 cm³/mol. The van der Waals surface area contributed by atoms with Gasteiger partial charge in [-0.15, -0.1) is 0 Å². The minimum atomic E-state index is -0.853. The van der Waals surface area contributed by atoms with Crippen molar-refractivity contribution in [1.29, 1.82) is 0 Å². The molecule has 0 saturated carbocycles. The average Bonchev–Trinajstić information content (AvgIpc) is 2.06. The molecule has 1 saturated heterocycles. The number of urea groups is 1. The molecule has 7 nitrogen and oxygen atoms in total. The average molecular weight is 257 g/mol. The molecule has 18 heavy (non-hydrogen) atoms. The van der Waals surface area contributed by atoms with Crippen molar-refractivity contribution < 1.29 is 19.5 Å². The van der Waals surface area contributed by atoms with Crippen molar-refractivity contribution >= 4 is 17.9 Å². The molecule has 0 unspecified atom stereocenters. The number of carboxylic acids is 1. The van der Waals surface area contributed by atoms with Gasteiger partial charge in [0.2, 0.25) is 5.91 Å². The van der Waals surface area contributed by atoms with Crippen molar-refractivity contribution in [2.75, 3.05) is 13.1 Å². The molecule has 0 aromatic rings. The van der Waals surface area contributed by atoms with E-state index >= 15 is 0 Å². The van der Waals surface area contributed by atoms with Crippen LogP contribution in [0.3, 0.4) is 0 Å². The Morgan fingerprint density at radius 2 is 1.94 bits per heavy atom. The summed E-state index contributed by atoms with van der Waals surface area (Å²) in [6.07, 6.45) is 0.138. The van der Waals surface area contributed by atoms with Gasteiger partial charge in [-0.05, 0) is 13.8 Å². The van der Waals surface area contributed by atoms with Crippen molar-refractivity contribution in [1.82, 2.24) is 10.2 Å². The Balaban J connectivity index is 2.35. The lowest BCUT2D eigenvalue weighted by Gasteiger charge is -2.40. The highest BCUT2D eigenvalue weighted by Gasteiger charge is 2.34. The van der Waals surface area contributed by atoms with Gasteiger partial charge in [0.15, 0.2) is 0 Å². The summed E-state index contributed by atoms with van der Waals surface area (Å²) in [5, 5.41) is 11.3. The number of hydrogen-bond acceptors (Lipinski definition) is 3. The van der Waals surface area contributed by atoms with E-state index in [4.69, 9.17) is 10.8 Å². The van der Waals surface area contributed by atoms with Crippen molar-refractivity contribution in [3.05, 3.63) is 0 Å². The van der Waals surface area contributed by atoms with E-state index in [1.807, 2.05) is 0 Å². The van der Waals surface area contributed by atoms with Gasteiger partial charge in [0.1, 0.15) is 0 Å². The van der Waals surface area contributed by atoms with E-state index in [-0.39, 0.29) is 24.8 Å². The van der Waals surface area contributed by atoms with Crippen LogP contribution in [0.4, 0.5) is 4.79 Å². The number of carbonyl (C=O) groups is 3. The largest absolute Gasteiger partial charge is 0.481 e. The van der Waals surface area contributed by atoms with E-state index in [1.54, 1.807) is 13.8 Å². The Morgan fingerprint density at radius 1 is 1.39 bits per heavy atom. The Hall–Kier alpha value is -1.79. The van der Waals surface area contributed by atoms with Crippen LogP contribution in [0.1, 0.15) is 26.7 Å². The molecule has 0 aliphatic carbocycles. The van der Waals surface area contributed by atoms with Crippen LogP contribution in [-0.2, 0) is 9.59 Å². The summed E-state index contributed by atoms with van der Waals surface area (Å²) in [4.78, 5) is 34.6. The Bertz CT molecular complexity index is 361. The number of carboxylic acid groups (broad SMARTS) is 1. The second-order valence-electron chi connectivity index (χ2n) is 5.33. The fourth-order valence-electron chi connectivity index (χ4n) is 1.96. The highest BCUT2D eigenvalue weighted by molar-refractivity contribution is 5.79. The van der Waals surface area contributed by atoms with Crippen LogP contribution in [0.2, 0.25) is 0 Å². The molecule has 1 aliphatic rings. The zero-order chi connectivity index (χ0) is 13.9. The van der Waals surface area contributed by atoms with Crippen molar-refractivity contribution in [2.45, 2.75) is 32.2 Å². The van der Waals surface area contributed by atoms with Crippen molar-refractivity contribution in [3.8, 4) is 0 Å². The summed E-state index contributed by atoms with van der Waals surface area (Å²) >= 11 is 0. The maximum absolute atomic E-state index is 11.8. The predicted octanol–water partition coefficient (Wildman–Crippen LogP) is -0.243. The van der Waals surface area contributed by atoms with Gasteiger partial charge in [-0.3, -0.25) is 9.59 Å². The number of hydrogen-bond donors (Lipinski definition) is 3. The molecule has 1 aliphatic heterocycles. The zero-order valence-corrected chi connectivity index (χ0v) is 10.6.